The molecule has 0 unspecified atom stereocenters. The van der Waals surface area contributed by atoms with Gasteiger partial charge in [-0.25, -0.2) is 4.79 Å². The number of piperazine rings is 1. The summed E-state index contributed by atoms with van der Waals surface area (Å²) in [6.07, 6.45) is 9.90. The van der Waals surface area contributed by atoms with E-state index < -0.39 is 0 Å². The number of fused-ring (bicyclic) bond motifs is 1. The van der Waals surface area contributed by atoms with Gasteiger partial charge in [-0.3, -0.25) is 4.90 Å². The van der Waals surface area contributed by atoms with Gasteiger partial charge in [0.1, 0.15) is 11.6 Å². The normalized spacial score (nSPS) is 18.8. The highest BCUT2D eigenvalue weighted by Crippen LogP contribution is 2.16. The first kappa shape index (κ1) is 15.8. The number of rotatable bonds is 3. The number of urea groups is 1. The highest BCUT2D eigenvalue weighted by atomic mass is 16.2. The van der Waals surface area contributed by atoms with Crippen molar-refractivity contribution in [1.82, 2.24) is 29.9 Å². The van der Waals surface area contributed by atoms with Crippen molar-refractivity contribution in [3.63, 3.8) is 0 Å². The molecule has 0 bridgehead atoms. The number of carbonyl (C=O) groups excluding carboxylic acids is 1. The number of carbonyl (C=O) groups is 1. The quantitative estimate of drug-likeness (QED) is 0.823. The summed E-state index contributed by atoms with van der Waals surface area (Å²) in [6.45, 7) is 5.27. The summed E-state index contributed by atoms with van der Waals surface area (Å²) in [4.78, 5) is 16.0. The van der Waals surface area contributed by atoms with Crippen LogP contribution in [0.4, 0.5) is 4.79 Å². The smallest absolute Gasteiger partial charge is 0.318 e. The standard InChI is InChI=1S/C16H24N6O/c1-2-7-17-16(23)21-11-9-20(10-12-21)13-15-19-18-14-6-4-3-5-8-22(14)15/h1H,3-13H2,(H,17,23). The number of nitrogens with zero attached hydrogens (tertiary/aromatic N) is 5. The first-order valence-electron chi connectivity index (χ1n) is 8.37. The first-order chi connectivity index (χ1) is 11.3. The molecular weight excluding hydrogens is 292 g/mol. The van der Waals surface area contributed by atoms with E-state index in [2.05, 4.69) is 30.9 Å². The van der Waals surface area contributed by atoms with Gasteiger partial charge in [0.2, 0.25) is 0 Å². The summed E-state index contributed by atoms with van der Waals surface area (Å²) in [6, 6.07) is -0.0704. The Bertz CT molecular complexity index is 582. The van der Waals surface area contributed by atoms with Crippen molar-refractivity contribution in [2.45, 2.75) is 38.8 Å². The van der Waals surface area contributed by atoms with E-state index in [4.69, 9.17) is 6.42 Å². The lowest BCUT2D eigenvalue weighted by Crippen LogP contribution is -2.51. The van der Waals surface area contributed by atoms with E-state index in [9.17, 15) is 4.79 Å². The van der Waals surface area contributed by atoms with E-state index in [1.807, 2.05) is 4.90 Å². The maximum Gasteiger partial charge on any atom is 0.318 e. The van der Waals surface area contributed by atoms with Gasteiger partial charge < -0.3 is 14.8 Å². The largest absolute Gasteiger partial charge is 0.327 e. The van der Waals surface area contributed by atoms with Gasteiger partial charge in [-0.2, -0.15) is 0 Å². The van der Waals surface area contributed by atoms with Gasteiger partial charge in [0, 0.05) is 39.1 Å². The molecule has 124 valence electrons. The molecule has 0 radical (unpaired) electrons. The van der Waals surface area contributed by atoms with Gasteiger partial charge in [-0.1, -0.05) is 12.3 Å². The highest BCUT2D eigenvalue weighted by molar-refractivity contribution is 5.74. The zero-order valence-corrected chi connectivity index (χ0v) is 13.5. The van der Waals surface area contributed by atoms with Gasteiger partial charge in [-0.05, 0) is 12.8 Å². The Hall–Kier alpha value is -2.07. The zero-order chi connectivity index (χ0) is 16.1. The Balaban J connectivity index is 1.52. The molecule has 2 aliphatic rings. The van der Waals surface area contributed by atoms with E-state index in [1.54, 1.807) is 0 Å². The molecule has 7 heteroatoms. The van der Waals surface area contributed by atoms with Crippen LogP contribution in [0.25, 0.3) is 0 Å². The number of hydrogen-bond acceptors (Lipinski definition) is 4. The van der Waals surface area contributed by atoms with Crippen LogP contribution in [-0.4, -0.2) is 63.3 Å². The molecule has 0 spiro atoms. The summed E-state index contributed by atoms with van der Waals surface area (Å²) < 4.78 is 2.29. The molecule has 7 nitrogen and oxygen atoms in total. The van der Waals surface area contributed by atoms with E-state index in [0.29, 0.717) is 0 Å². The fraction of sp³-hybridized carbons (Fsp3) is 0.688. The van der Waals surface area contributed by atoms with Gasteiger partial charge in [0.15, 0.2) is 0 Å². The van der Waals surface area contributed by atoms with Crippen LogP contribution < -0.4 is 5.32 Å². The number of aromatic nitrogens is 3. The molecule has 0 aliphatic carbocycles. The van der Waals surface area contributed by atoms with Crippen LogP contribution >= 0.6 is 0 Å². The molecule has 2 amide bonds. The minimum absolute atomic E-state index is 0.0704. The molecule has 0 saturated carbocycles. The van der Waals surface area contributed by atoms with Gasteiger partial charge in [-0.15, -0.1) is 16.6 Å². The topological polar surface area (TPSA) is 66.3 Å². The fourth-order valence-electron chi connectivity index (χ4n) is 3.21. The number of amides is 2. The second kappa shape index (κ2) is 7.47. The van der Waals surface area contributed by atoms with E-state index in [1.165, 1.54) is 19.3 Å². The molecule has 2 aliphatic heterocycles. The third kappa shape index (κ3) is 3.82. The summed E-state index contributed by atoms with van der Waals surface area (Å²) in [5.74, 6) is 4.61. The molecule has 0 aromatic carbocycles. The van der Waals surface area contributed by atoms with Crippen molar-refractivity contribution < 1.29 is 4.79 Å². The molecule has 23 heavy (non-hydrogen) atoms. The van der Waals surface area contributed by atoms with E-state index in [0.717, 1.165) is 57.3 Å². The van der Waals surface area contributed by atoms with Crippen molar-refractivity contribution >= 4 is 6.03 Å². The van der Waals surface area contributed by atoms with Gasteiger partial charge >= 0.3 is 6.03 Å². The molecule has 0 atom stereocenters. The van der Waals surface area contributed by atoms with Crippen LogP contribution in [-0.2, 0) is 19.5 Å². The van der Waals surface area contributed by atoms with Crippen LogP contribution in [0.5, 0.6) is 0 Å². The Morgan fingerprint density at radius 2 is 1.96 bits per heavy atom. The van der Waals surface area contributed by atoms with Crippen LogP contribution in [0.3, 0.4) is 0 Å². The van der Waals surface area contributed by atoms with Gasteiger partial charge in [0.05, 0.1) is 13.1 Å². The zero-order valence-electron chi connectivity index (χ0n) is 13.5. The van der Waals surface area contributed by atoms with E-state index in [-0.39, 0.29) is 12.6 Å². The summed E-state index contributed by atoms with van der Waals surface area (Å²) in [7, 11) is 0. The number of hydrogen-bond donors (Lipinski definition) is 1. The van der Waals surface area contributed by atoms with Crippen molar-refractivity contribution in [2.24, 2.45) is 0 Å². The Morgan fingerprint density at radius 3 is 2.74 bits per heavy atom. The van der Waals surface area contributed by atoms with Crippen LogP contribution in [0.15, 0.2) is 0 Å². The van der Waals surface area contributed by atoms with Crippen molar-refractivity contribution in [3.05, 3.63) is 11.6 Å². The van der Waals surface area contributed by atoms with Crippen LogP contribution in [0, 0.1) is 12.3 Å². The molecule has 3 rings (SSSR count). The molecule has 1 saturated heterocycles. The Labute approximate surface area is 137 Å². The average molecular weight is 316 g/mol. The molecule has 1 N–H and O–H groups in total. The SMILES string of the molecule is C#CCNC(=O)N1CCN(Cc2nnc3n2CCCCC3)CC1. The van der Waals surface area contributed by atoms with E-state index >= 15 is 0 Å². The van der Waals surface area contributed by atoms with Gasteiger partial charge in [0.25, 0.3) is 0 Å². The third-order valence-corrected chi connectivity index (χ3v) is 4.55. The minimum atomic E-state index is -0.0704. The van der Waals surface area contributed by atoms with Crippen molar-refractivity contribution in [2.75, 3.05) is 32.7 Å². The minimum Gasteiger partial charge on any atom is -0.327 e. The van der Waals surface area contributed by atoms with Crippen molar-refractivity contribution in [3.8, 4) is 12.3 Å². The number of nitrogens with one attached hydrogen (secondary N) is 1. The highest BCUT2D eigenvalue weighted by Gasteiger charge is 2.23. The van der Waals surface area contributed by atoms with Crippen molar-refractivity contribution in [1.29, 1.82) is 0 Å². The maximum atomic E-state index is 11.9. The second-order valence-electron chi connectivity index (χ2n) is 6.12. The average Bonchev–Trinajstić information content (AvgIpc) is 2.81. The maximum absolute atomic E-state index is 11.9. The van der Waals surface area contributed by atoms with Crippen LogP contribution in [0.1, 0.15) is 30.9 Å². The Morgan fingerprint density at radius 1 is 1.13 bits per heavy atom. The number of terminal acetylenes is 1. The molecule has 3 heterocycles. The monoisotopic (exact) mass is 316 g/mol. The third-order valence-electron chi connectivity index (χ3n) is 4.55. The molecular formula is C16H24N6O. The fourth-order valence-corrected chi connectivity index (χ4v) is 3.21. The first-order valence-corrected chi connectivity index (χ1v) is 8.37. The lowest BCUT2D eigenvalue weighted by molar-refractivity contribution is 0.133. The predicted molar refractivity (Wildman–Crippen MR) is 86.7 cm³/mol. The lowest BCUT2D eigenvalue weighted by atomic mass is 10.2. The van der Waals surface area contributed by atoms with Crippen LogP contribution in [0.2, 0.25) is 0 Å². The molecule has 1 aromatic heterocycles. The summed E-state index contributed by atoms with van der Waals surface area (Å²) in [5, 5.41) is 11.5. The Kier molecular flexibility index (Phi) is 5.13. The molecule has 1 aromatic rings. The lowest BCUT2D eigenvalue weighted by Gasteiger charge is -2.34. The predicted octanol–water partition coefficient (Wildman–Crippen LogP) is 0.465. The summed E-state index contributed by atoms with van der Waals surface area (Å²) >= 11 is 0. The second-order valence-corrected chi connectivity index (χ2v) is 6.12. The summed E-state index contributed by atoms with van der Waals surface area (Å²) in [5.41, 5.74) is 0. The number of aryl methyl sites for hydroxylation is 1. The molecule has 1 fully saturated rings.